The van der Waals surface area contributed by atoms with E-state index >= 15 is 0 Å². The van der Waals surface area contributed by atoms with E-state index in [1.54, 1.807) is 20.8 Å². The van der Waals surface area contributed by atoms with E-state index in [0.717, 1.165) is 5.56 Å². The summed E-state index contributed by atoms with van der Waals surface area (Å²) in [4.78, 5) is 36.6. The zero-order valence-corrected chi connectivity index (χ0v) is 16.4. The molecule has 0 saturated heterocycles. The molecule has 2 aliphatic rings. The van der Waals surface area contributed by atoms with Crippen LogP contribution in [0, 0.1) is 23.7 Å². The molecule has 7 nitrogen and oxygen atoms in total. The number of amides is 1. The molecule has 28 heavy (non-hydrogen) atoms. The lowest BCUT2D eigenvalue weighted by Crippen LogP contribution is -2.48. The van der Waals surface area contributed by atoms with E-state index < -0.39 is 35.5 Å². The van der Waals surface area contributed by atoms with E-state index in [-0.39, 0.29) is 24.5 Å². The molecule has 0 heterocycles. The first-order valence-electron chi connectivity index (χ1n) is 9.58. The lowest BCUT2D eigenvalue weighted by Gasteiger charge is -2.33. The highest BCUT2D eigenvalue weighted by Crippen LogP contribution is 2.53. The van der Waals surface area contributed by atoms with Gasteiger partial charge in [0.15, 0.2) is 0 Å². The number of carboxylic acids is 1. The molecule has 2 N–H and O–H groups in total. The van der Waals surface area contributed by atoms with Gasteiger partial charge in [-0.15, -0.1) is 0 Å². The summed E-state index contributed by atoms with van der Waals surface area (Å²) >= 11 is 0. The van der Waals surface area contributed by atoms with Crippen molar-refractivity contribution in [3.8, 4) is 0 Å². The normalized spacial score (nSPS) is 28.6. The maximum absolute atomic E-state index is 12.6. The minimum atomic E-state index is -1.02. The van der Waals surface area contributed by atoms with E-state index in [1.165, 1.54) is 0 Å². The van der Waals surface area contributed by atoms with Crippen LogP contribution in [0.4, 0.5) is 4.79 Å². The summed E-state index contributed by atoms with van der Waals surface area (Å²) in [6, 6.07) is 8.98. The van der Waals surface area contributed by atoms with Crippen molar-refractivity contribution in [2.45, 2.75) is 51.9 Å². The van der Waals surface area contributed by atoms with Crippen molar-refractivity contribution >= 4 is 18.0 Å². The average Bonchev–Trinajstić information content (AvgIpc) is 3.16. The van der Waals surface area contributed by atoms with Gasteiger partial charge >= 0.3 is 18.0 Å². The second kappa shape index (κ2) is 7.81. The van der Waals surface area contributed by atoms with E-state index in [1.807, 2.05) is 30.3 Å². The first-order chi connectivity index (χ1) is 13.2. The fraction of sp³-hybridized carbons (Fsp3) is 0.571. The number of carboxylic acid groups (broad SMARTS) is 1. The average molecular weight is 389 g/mol. The predicted molar refractivity (Wildman–Crippen MR) is 100 cm³/mol. The maximum Gasteiger partial charge on any atom is 0.407 e. The van der Waals surface area contributed by atoms with Crippen LogP contribution < -0.4 is 5.32 Å². The second-order valence-electron chi connectivity index (χ2n) is 8.63. The molecular formula is C21H27NO6. The monoisotopic (exact) mass is 389 g/mol. The van der Waals surface area contributed by atoms with Gasteiger partial charge in [-0.05, 0) is 51.0 Å². The van der Waals surface area contributed by atoms with Crippen molar-refractivity contribution in [2.24, 2.45) is 23.7 Å². The van der Waals surface area contributed by atoms with Crippen molar-refractivity contribution in [1.82, 2.24) is 5.32 Å². The molecule has 0 radical (unpaired) electrons. The van der Waals surface area contributed by atoms with Gasteiger partial charge in [-0.2, -0.15) is 0 Å². The number of esters is 1. The molecule has 0 aromatic heterocycles. The van der Waals surface area contributed by atoms with Gasteiger partial charge in [-0.1, -0.05) is 30.3 Å². The molecule has 152 valence electrons. The molecule has 0 spiro atoms. The zero-order chi connectivity index (χ0) is 20.5. The molecule has 5 atom stereocenters. The number of alkyl carbamates (subject to hydrolysis) is 1. The first-order valence-corrected chi connectivity index (χ1v) is 9.58. The standard InChI is InChI=1S/C21H27NO6/c1-21(2,3)28-20(26)22-15-10-13-9-14(15)17(18(23)24)16(13)19(25)27-11-12-7-5-4-6-8-12/h4-8,13-17H,9-11H2,1-3H3,(H,22,26)(H,23,24)/t13?,14?,15?,16-,17-/m0/s1. The number of ether oxygens (including phenoxy) is 2. The minimum absolute atomic E-state index is 0.116. The molecule has 2 fully saturated rings. The Bertz CT molecular complexity index is 741. The molecule has 1 aromatic carbocycles. The second-order valence-corrected chi connectivity index (χ2v) is 8.63. The number of benzene rings is 1. The fourth-order valence-corrected chi connectivity index (χ4v) is 4.49. The van der Waals surface area contributed by atoms with E-state index in [4.69, 9.17) is 9.47 Å². The number of nitrogens with one attached hydrogen (secondary N) is 1. The number of hydrogen-bond acceptors (Lipinski definition) is 5. The Morgan fingerprint density at radius 2 is 1.79 bits per heavy atom. The number of hydrogen-bond donors (Lipinski definition) is 2. The van der Waals surface area contributed by atoms with Gasteiger partial charge in [0.25, 0.3) is 0 Å². The van der Waals surface area contributed by atoms with Crippen LogP contribution in [-0.4, -0.2) is 34.8 Å². The molecule has 7 heteroatoms. The summed E-state index contributed by atoms with van der Waals surface area (Å²) in [7, 11) is 0. The van der Waals surface area contributed by atoms with Crippen LogP contribution in [0.3, 0.4) is 0 Å². The van der Waals surface area contributed by atoms with Crippen LogP contribution in [0.1, 0.15) is 39.2 Å². The Kier molecular flexibility index (Phi) is 5.63. The Balaban J connectivity index is 1.63. The number of rotatable bonds is 5. The lowest BCUT2D eigenvalue weighted by atomic mass is 9.77. The fourth-order valence-electron chi connectivity index (χ4n) is 4.49. The van der Waals surface area contributed by atoms with Gasteiger partial charge in [-0.25, -0.2) is 4.79 Å². The van der Waals surface area contributed by atoms with Crippen LogP contribution in [0.2, 0.25) is 0 Å². The van der Waals surface area contributed by atoms with E-state index in [9.17, 15) is 19.5 Å². The predicted octanol–water partition coefficient (Wildman–Crippen LogP) is 2.98. The quantitative estimate of drug-likeness (QED) is 0.751. The molecule has 3 rings (SSSR count). The largest absolute Gasteiger partial charge is 0.481 e. The van der Waals surface area contributed by atoms with Gasteiger partial charge in [0, 0.05) is 6.04 Å². The number of carbonyl (C=O) groups excluding carboxylic acids is 2. The lowest BCUT2D eigenvalue weighted by molar-refractivity contribution is -0.161. The molecule has 2 bridgehead atoms. The Hall–Kier alpha value is -2.57. The van der Waals surface area contributed by atoms with Gasteiger partial charge in [-0.3, -0.25) is 9.59 Å². The van der Waals surface area contributed by atoms with Gasteiger partial charge < -0.3 is 19.9 Å². The minimum Gasteiger partial charge on any atom is -0.481 e. The van der Waals surface area contributed by atoms with Gasteiger partial charge in [0.2, 0.25) is 0 Å². The van der Waals surface area contributed by atoms with Crippen LogP contribution in [0.5, 0.6) is 0 Å². The summed E-state index contributed by atoms with van der Waals surface area (Å²) in [5.74, 6) is -3.45. The summed E-state index contributed by atoms with van der Waals surface area (Å²) in [6.45, 7) is 5.43. The first kappa shape index (κ1) is 20.2. The third-order valence-corrected chi connectivity index (χ3v) is 5.49. The smallest absolute Gasteiger partial charge is 0.407 e. The highest BCUT2D eigenvalue weighted by atomic mass is 16.6. The molecular weight excluding hydrogens is 362 g/mol. The maximum atomic E-state index is 12.6. The molecule has 3 unspecified atom stereocenters. The molecule has 1 aromatic rings. The SMILES string of the molecule is CC(C)(C)OC(=O)NC1CC2CC1[C@H](C(=O)O)[C@H]2C(=O)OCc1ccccc1. The molecule has 2 saturated carbocycles. The molecule has 0 aliphatic heterocycles. The molecule has 1 amide bonds. The number of fused-ring (bicyclic) bond motifs is 2. The van der Waals surface area contributed by atoms with Crippen LogP contribution >= 0.6 is 0 Å². The summed E-state index contributed by atoms with van der Waals surface area (Å²) in [6.07, 6.45) is 0.582. The van der Waals surface area contributed by atoms with Crippen molar-refractivity contribution in [3.63, 3.8) is 0 Å². The molecule has 2 aliphatic carbocycles. The third-order valence-electron chi connectivity index (χ3n) is 5.49. The highest BCUT2D eigenvalue weighted by molar-refractivity contribution is 5.83. The Morgan fingerprint density at radius 1 is 1.11 bits per heavy atom. The Labute approximate surface area is 164 Å². The van der Waals surface area contributed by atoms with Gasteiger partial charge in [0.1, 0.15) is 12.2 Å². The summed E-state index contributed by atoms with van der Waals surface area (Å²) in [5.41, 5.74) is 0.230. The van der Waals surface area contributed by atoms with E-state index in [2.05, 4.69) is 5.32 Å². The van der Waals surface area contributed by atoms with E-state index in [0.29, 0.717) is 12.8 Å². The topological polar surface area (TPSA) is 102 Å². The van der Waals surface area contributed by atoms with Crippen LogP contribution in [0.25, 0.3) is 0 Å². The highest BCUT2D eigenvalue weighted by Gasteiger charge is 2.59. The zero-order valence-electron chi connectivity index (χ0n) is 16.4. The van der Waals surface area contributed by atoms with Gasteiger partial charge in [0.05, 0.1) is 11.8 Å². The summed E-state index contributed by atoms with van der Waals surface area (Å²) < 4.78 is 10.7. The summed E-state index contributed by atoms with van der Waals surface area (Å²) in [5, 5.41) is 12.5. The Morgan fingerprint density at radius 3 is 2.39 bits per heavy atom. The third kappa shape index (κ3) is 4.46. The van der Waals surface area contributed by atoms with Crippen molar-refractivity contribution < 1.29 is 29.0 Å². The van der Waals surface area contributed by atoms with Crippen LogP contribution in [-0.2, 0) is 25.7 Å². The van der Waals surface area contributed by atoms with Crippen molar-refractivity contribution in [3.05, 3.63) is 35.9 Å². The van der Waals surface area contributed by atoms with Crippen molar-refractivity contribution in [1.29, 1.82) is 0 Å². The van der Waals surface area contributed by atoms with Crippen LogP contribution in [0.15, 0.2) is 30.3 Å². The number of carbonyl (C=O) groups is 3. The van der Waals surface area contributed by atoms with Crippen molar-refractivity contribution in [2.75, 3.05) is 0 Å². The number of aliphatic carboxylic acids is 1.